The number of nitrogens with one attached hydrogen (secondary N) is 1. The molecule has 2 aromatic carbocycles. The monoisotopic (exact) mass is 388 g/mol. The molecule has 0 saturated carbocycles. The Morgan fingerprint density at radius 2 is 2.04 bits per heavy atom. The molecule has 3 rings (SSSR count). The largest absolute Gasteiger partial charge is 0.506 e. The van der Waals surface area contributed by atoms with Gasteiger partial charge in [0.25, 0.3) is 5.91 Å². The molecular formula is C19H20N2O7. The second-order valence-corrected chi connectivity index (χ2v) is 6.03. The van der Waals surface area contributed by atoms with E-state index in [9.17, 15) is 20.0 Å². The van der Waals surface area contributed by atoms with Crippen molar-refractivity contribution in [3.8, 4) is 11.5 Å². The maximum atomic E-state index is 12.5. The van der Waals surface area contributed by atoms with Crippen LogP contribution in [0.25, 0.3) is 0 Å². The summed E-state index contributed by atoms with van der Waals surface area (Å²) in [7, 11) is 0. The van der Waals surface area contributed by atoms with Crippen LogP contribution >= 0.6 is 0 Å². The molecule has 2 N–H and O–H groups in total. The topological polar surface area (TPSA) is 120 Å². The average molecular weight is 388 g/mol. The van der Waals surface area contributed by atoms with Crippen molar-refractivity contribution in [1.82, 2.24) is 0 Å². The number of carbonyl (C=O) groups is 1. The van der Waals surface area contributed by atoms with Gasteiger partial charge in [-0.1, -0.05) is 6.07 Å². The van der Waals surface area contributed by atoms with Crippen LogP contribution in [0.4, 0.5) is 11.4 Å². The molecule has 0 aliphatic carbocycles. The van der Waals surface area contributed by atoms with Gasteiger partial charge in [-0.2, -0.15) is 0 Å². The number of nitro groups is 1. The Morgan fingerprint density at radius 1 is 1.29 bits per heavy atom. The first-order valence-electron chi connectivity index (χ1n) is 8.78. The van der Waals surface area contributed by atoms with Crippen molar-refractivity contribution in [2.45, 2.75) is 19.6 Å². The van der Waals surface area contributed by atoms with Crippen molar-refractivity contribution in [2.75, 3.05) is 25.1 Å². The van der Waals surface area contributed by atoms with Gasteiger partial charge >= 0.3 is 5.69 Å². The molecule has 1 heterocycles. The van der Waals surface area contributed by atoms with Crippen LogP contribution in [0.3, 0.4) is 0 Å². The van der Waals surface area contributed by atoms with Gasteiger partial charge in [-0.25, -0.2) is 0 Å². The highest BCUT2D eigenvalue weighted by atomic mass is 16.7. The standard InChI is InChI=1S/C19H20N2O7/c1-2-26-17-7-5-12(11-15(17)21(24)25)18(23)20-14-10-13(4-6-16(14)22)19-27-8-3-9-28-19/h4-7,10-11,19,22H,2-3,8-9H2,1H3,(H,20,23). The molecule has 0 aromatic heterocycles. The van der Waals surface area contributed by atoms with E-state index < -0.39 is 17.1 Å². The van der Waals surface area contributed by atoms with Crippen molar-refractivity contribution in [1.29, 1.82) is 0 Å². The van der Waals surface area contributed by atoms with Crippen LogP contribution in [0.2, 0.25) is 0 Å². The highest BCUT2D eigenvalue weighted by Gasteiger charge is 2.21. The lowest BCUT2D eigenvalue weighted by Crippen LogP contribution is -2.18. The predicted octanol–water partition coefficient (Wildman–Crippen LogP) is 3.39. The Kier molecular flexibility index (Phi) is 6.07. The van der Waals surface area contributed by atoms with Crippen LogP contribution in [0, 0.1) is 10.1 Å². The van der Waals surface area contributed by atoms with Gasteiger partial charge in [-0.3, -0.25) is 14.9 Å². The molecule has 9 nitrogen and oxygen atoms in total. The van der Waals surface area contributed by atoms with E-state index in [1.54, 1.807) is 19.1 Å². The minimum Gasteiger partial charge on any atom is -0.506 e. The second-order valence-electron chi connectivity index (χ2n) is 6.03. The molecule has 0 atom stereocenters. The summed E-state index contributed by atoms with van der Waals surface area (Å²) in [4.78, 5) is 23.2. The predicted molar refractivity (Wildman–Crippen MR) is 99.6 cm³/mol. The highest BCUT2D eigenvalue weighted by Crippen LogP contribution is 2.32. The molecule has 1 fully saturated rings. The number of nitrogens with zero attached hydrogens (tertiary/aromatic N) is 1. The Labute approximate surface area is 161 Å². The Hall–Kier alpha value is -3.17. The van der Waals surface area contributed by atoms with E-state index in [-0.39, 0.29) is 35.0 Å². The van der Waals surface area contributed by atoms with Crippen LogP contribution in [-0.4, -0.2) is 35.8 Å². The zero-order valence-corrected chi connectivity index (χ0v) is 15.2. The van der Waals surface area contributed by atoms with Crippen molar-refractivity contribution >= 4 is 17.3 Å². The zero-order chi connectivity index (χ0) is 20.1. The molecule has 9 heteroatoms. The number of nitro benzene ring substituents is 1. The fourth-order valence-corrected chi connectivity index (χ4v) is 2.75. The molecule has 0 bridgehead atoms. The molecule has 1 amide bonds. The van der Waals surface area contributed by atoms with Crippen LogP contribution < -0.4 is 10.1 Å². The number of rotatable bonds is 6. The van der Waals surface area contributed by atoms with Crippen LogP contribution in [0.15, 0.2) is 36.4 Å². The maximum absolute atomic E-state index is 12.5. The lowest BCUT2D eigenvalue weighted by atomic mass is 10.1. The summed E-state index contributed by atoms with van der Waals surface area (Å²) in [6, 6.07) is 8.54. The molecule has 1 saturated heterocycles. The van der Waals surface area contributed by atoms with Gasteiger partial charge in [-0.15, -0.1) is 0 Å². The lowest BCUT2D eigenvalue weighted by Gasteiger charge is -2.24. The van der Waals surface area contributed by atoms with E-state index >= 15 is 0 Å². The highest BCUT2D eigenvalue weighted by molar-refractivity contribution is 6.05. The van der Waals surface area contributed by atoms with Gasteiger partial charge in [0.15, 0.2) is 12.0 Å². The number of carbonyl (C=O) groups excluding carboxylic acids is 1. The van der Waals surface area contributed by atoms with Gasteiger partial charge in [0.2, 0.25) is 0 Å². The number of hydrogen-bond donors (Lipinski definition) is 2. The molecule has 148 valence electrons. The number of aromatic hydroxyl groups is 1. The summed E-state index contributed by atoms with van der Waals surface area (Å²) < 4.78 is 16.3. The molecule has 0 radical (unpaired) electrons. The number of phenols is 1. The summed E-state index contributed by atoms with van der Waals surface area (Å²) in [5.74, 6) is -0.669. The Bertz CT molecular complexity index is 879. The van der Waals surface area contributed by atoms with Gasteiger partial charge in [0.1, 0.15) is 5.75 Å². The first kappa shape index (κ1) is 19.6. The van der Waals surface area contributed by atoms with Crippen molar-refractivity contribution in [3.63, 3.8) is 0 Å². The number of anilines is 1. The quantitative estimate of drug-likeness (QED) is 0.442. The number of phenolic OH excluding ortho intramolecular Hbond substituents is 1. The fourth-order valence-electron chi connectivity index (χ4n) is 2.75. The minimum absolute atomic E-state index is 0.0603. The molecular weight excluding hydrogens is 368 g/mol. The van der Waals surface area contributed by atoms with Crippen LogP contribution in [0.1, 0.15) is 35.6 Å². The number of ether oxygens (including phenoxy) is 3. The first-order valence-corrected chi connectivity index (χ1v) is 8.78. The van der Waals surface area contributed by atoms with E-state index in [1.165, 1.54) is 18.2 Å². The number of hydrogen-bond acceptors (Lipinski definition) is 7. The summed E-state index contributed by atoms with van der Waals surface area (Å²) >= 11 is 0. The zero-order valence-electron chi connectivity index (χ0n) is 15.2. The second kappa shape index (κ2) is 8.68. The van der Waals surface area contributed by atoms with E-state index in [0.29, 0.717) is 18.8 Å². The van der Waals surface area contributed by atoms with Crippen LogP contribution in [-0.2, 0) is 9.47 Å². The Balaban J connectivity index is 1.82. The van der Waals surface area contributed by atoms with Gasteiger partial charge in [0.05, 0.1) is 30.4 Å². The first-order chi connectivity index (χ1) is 13.5. The van der Waals surface area contributed by atoms with Gasteiger partial charge in [0, 0.05) is 17.2 Å². The fraction of sp³-hybridized carbons (Fsp3) is 0.316. The van der Waals surface area contributed by atoms with Gasteiger partial charge in [-0.05, 0) is 37.6 Å². The summed E-state index contributed by atoms with van der Waals surface area (Å²) in [6.45, 7) is 3.09. The SMILES string of the molecule is CCOc1ccc(C(=O)Nc2cc(C3OCCCO3)ccc2O)cc1[N+](=O)[O-]. The maximum Gasteiger partial charge on any atom is 0.311 e. The van der Waals surface area contributed by atoms with Gasteiger partial charge < -0.3 is 24.6 Å². The minimum atomic E-state index is -0.613. The molecule has 2 aromatic rings. The smallest absolute Gasteiger partial charge is 0.311 e. The molecule has 1 aliphatic rings. The Morgan fingerprint density at radius 3 is 2.71 bits per heavy atom. The number of amides is 1. The number of benzene rings is 2. The van der Waals surface area contributed by atoms with Crippen molar-refractivity contribution in [3.05, 3.63) is 57.6 Å². The molecule has 1 aliphatic heterocycles. The summed E-state index contributed by atoms with van der Waals surface area (Å²) in [5.41, 5.74) is 0.545. The lowest BCUT2D eigenvalue weighted by molar-refractivity contribution is -0.385. The van der Waals surface area contributed by atoms with E-state index in [1.807, 2.05) is 0 Å². The summed E-state index contributed by atoms with van der Waals surface area (Å²) in [6.07, 6.45) is 0.228. The molecule has 0 spiro atoms. The average Bonchev–Trinajstić information content (AvgIpc) is 2.70. The van der Waals surface area contributed by atoms with E-state index in [0.717, 1.165) is 12.5 Å². The molecule has 28 heavy (non-hydrogen) atoms. The van der Waals surface area contributed by atoms with Crippen LogP contribution in [0.5, 0.6) is 11.5 Å². The third-order valence-corrected chi connectivity index (χ3v) is 4.09. The third-order valence-electron chi connectivity index (χ3n) is 4.09. The molecule has 0 unspecified atom stereocenters. The van der Waals surface area contributed by atoms with Crippen molar-refractivity contribution < 1.29 is 29.0 Å². The summed E-state index contributed by atoms with van der Waals surface area (Å²) in [5, 5.41) is 23.9. The van der Waals surface area contributed by atoms with E-state index in [4.69, 9.17) is 14.2 Å². The normalized spacial score (nSPS) is 14.5. The van der Waals surface area contributed by atoms with E-state index in [2.05, 4.69) is 5.32 Å². The third kappa shape index (κ3) is 4.38. The van der Waals surface area contributed by atoms with Crippen molar-refractivity contribution in [2.24, 2.45) is 0 Å².